The van der Waals surface area contributed by atoms with Gasteiger partial charge in [0.2, 0.25) is 12.0 Å². The first-order valence-corrected chi connectivity index (χ1v) is 11.2. The molecule has 1 fully saturated rings. The highest BCUT2D eigenvalue weighted by Gasteiger charge is 2.33. The van der Waals surface area contributed by atoms with Gasteiger partial charge in [-0.05, 0) is 23.8 Å². The first kappa shape index (κ1) is 21.7. The third-order valence-electron chi connectivity index (χ3n) is 5.83. The Balaban J connectivity index is 1.11. The van der Waals surface area contributed by atoms with Crippen molar-refractivity contribution in [1.82, 2.24) is 24.8 Å². The summed E-state index contributed by atoms with van der Waals surface area (Å²) in [5.41, 5.74) is 1.74. The predicted molar refractivity (Wildman–Crippen MR) is 124 cm³/mol. The van der Waals surface area contributed by atoms with Crippen LogP contribution in [0.25, 0.3) is 6.08 Å². The predicted octanol–water partition coefficient (Wildman–Crippen LogP) is 1.85. The second-order valence-electron chi connectivity index (χ2n) is 8.17. The SMILES string of the molecule is O=C(C=Cc1cn(Cc2ccccc2)nn1)N1CCN(C(=O)C2COc3ccccc3O2)CC1. The number of hydrogen-bond donors (Lipinski definition) is 0. The molecule has 1 saturated heterocycles. The van der Waals surface area contributed by atoms with E-state index in [4.69, 9.17) is 9.47 Å². The summed E-state index contributed by atoms with van der Waals surface area (Å²) in [6, 6.07) is 17.3. The molecule has 0 bridgehead atoms. The Hall–Kier alpha value is -4.14. The molecule has 1 atom stereocenters. The summed E-state index contributed by atoms with van der Waals surface area (Å²) in [6.07, 6.45) is 4.30. The van der Waals surface area contributed by atoms with E-state index in [0.717, 1.165) is 5.56 Å². The maximum absolute atomic E-state index is 12.9. The highest BCUT2D eigenvalue weighted by molar-refractivity contribution is 5.91. The highest BCUT2D eigenvalue weighted by Crippen LogP contribution is 2.31. The van der Waals surface area contributed by atoms with Crippen molar-refractivity contribution >= 4 is 17.9 Å². The van der Waals surface area contributed by atoms with E-state index >= 15 is 0 Å². The maximum atomic E-state index is 12.9. The van der Waals surface area contributed by atoms with Gasteiger partial charge in [-0.3, -0.25) is 9.59 Å². The molecule has 174 valence electrons. The molecule has 34 heavy (non-hydrogen) atoms. The van der Waals surface area contributed by atoms with Crippen molar-refractivity contribution in [2.45, 2.75) is 12.6 Å². The van der Waals surface area contributed by atoms with Crippen LogP contribution in [0, 0.1) is 0 Å². The summed E-state index contributed by atoms with van der Waals surface area (Å²) >= 11 is 0. The fraction of sp³-hybridized carbons (Fsp3) is 0.280. The van der Waals surface area contributed by atoms with Crippen molar-refractivity contribution in [1.29, 1.82) is 0 Å². The molecule has 3 aromatic rings. The number of piperazine rings is 1. The van der Waals surface area contributed by atoms with Crippen molar-refractivity contribution in [2.24, 2.45) is 0 Å². The van der Waals surface area contributed by atoms with Crippen LogP contribution in [0.5, 0.6) is 11.5 Å². The van der Waals surface area contributed by atoms with Gasteiger partial charge in [0.05, 0.1) is 12.7 Å². The van der Waals surface area contributed by atoms with Gasteiger partial charge in [-0.1, -0.05) is 47.7 Å². The third-order valence-corrected chi connectivity index (χ3v) is 5.83. The van der Waals surface area contributed by atoms with Crippen LogP contribution in [0.3, 0.4) is 0 Å². The van der Waals surface area contributed by atoms with Gasteiger partial charge in [0.15, 0.2) is 11.5 Å². The Kier molecular flexibility index (Phi) is 6.24. The Labute approximate surface area is 197 Å². The third kappa shape index (κ3) is 4.93. The van der Waals surface area contributed by atoms with Gasteiger partial charge in [-0.2, -0.15) is 0 Å². The van der Waals surface area contributed by atoms with E-state index in [1.807, 2.05) is 48.5 Å². The van der Waals surface area contributed by atoms with Crippen molar-refractivity contribution in [3.8, 4) is 11.5 Å². The van der Waals surface area contributed by atoms with E-state index in [2.05, 4.69) is 10.3 Å². The lowest BCUT2D eigenvalue weighted by molar-refractivity contribution is -0.145. The number of carbonyl (C=O) groups is 2. The normalized spacial score (nSPS) is 17.7. The lowest BCUT2D eigenvalue weighted by Crippen LogP contribution is -2.54. The fourth-order valence-electron chi connectivity index (χ4n) is 3.99. The minimum atomic E-state index is -0.671. The van der Waals surface area contributed by atoms with Gasteiger partial charge in [0.25, 0.3) is 5.91 Å². The molecule has 0 radical (unpaired) electrons. The van der Waals surface area contributed by atoms with Crippen LogP contribution in [0.2, 0.25) is 0 Å². The Morgan fingerprint density at radius 2 is 1.65 bits per heavy atom. The van der Waals surface area contributed by atoms with Crippen LogP contribution in [-0.2, 0) is 16.1 Å². The minimum absolute atomic E-state index is 0.115. The number of benzene rings is 2. The number of ether oxygens (including phenoxy) is 2. The van der Waals surface area contributed by atoms with Crippen LogP contribution in [-0.4, -0.2) is 75.5 Å². The van der Waals surface area contributed by atoms with E-state index in [0.29, 0.717) is 49.9 Å². The lowest BCUT2D eigenvalue weighted by atomic mass is 10.2. The number of fused-ring (bicyclic) bond motifs is 1. The summed E-state index contributed by atoms with van der Waals surface area (Å²) in [5, 5.41) is 8.22. The van der Waals surface area contributed by atoms with E-state index in [1.54, 1.807) is 32.8 Å². The standard InChI is InChI=1S/C25H25N5O4/c31-24(11-10-20-17-30(27-26-20)16-19-6-2-1-3-7-19)28-12-14-29(15-13-28)25(32)23-18-33-21-8-4-5-9-22(21)34-23/h1-11,17,23H,12-16,18H2. The van der Waals surface area contributed by atoms with Crippen molar-refractivity contribution in [3.05, 3.63) is 78.1 Å². The first-order chi connectivity index (χ1) is 16.7. The second kappa shape index (κ2) is 9.78. The molecule has 9 nitrogen and oxygen atoms in total. The molecule has 1 aromatic heterocycles. The second-order valence-corrected chi connectivity index (χ2v) is 8.17. The number of aromatic nitrogens is 3. The first-order valence-electron chi connectivity index (χ1n) is 11.2. The largest absolute Gasteiger partial charge is 0.485 e. The molecular weight excluding hydrogens is 434 g/mol. The highest BCUT2D eigenvalue weighted by atomic mass is 16.6. The molecule has 3 heterocycles. The van der Waals surface area contributed by atoms with Crippen LogP contribution in [0.15, 0.2) is 66.9 Å². The zero-order valence-electron chi connectivity index (χ0n) is 18.6. The molecule has 5 rings (SSSR count). The van der Waals surface area contributed by atoms with Gasteiger partial charge in [0.1, 0.15) is 12.3 Å². The average molecular weight is 460 g/mol. The van der Waals surface area contributed by atoms with Crippen molar-refractivity contribution in [3.63, 3.8) is 0 Å². The number of nitrogens with zero attached hydrogens (tertiary/aromatic N) is 5. The maximum Gasteiger partial charge on any atom is 0.267 e. The summed E-state index contributed by atoms with van der Waals surface area (Å²) in [6.45, 7) is 2.62. The Morgan fingerprint density at radius 1 is 0.941 bits per heavy atom. The summed E-state index contributed by atoms with van der Waals surface area (Å²) in [5.74, 6) is 0.990. The number of rotatable bonds is 5. The van der Waals surface area contributed by atoms with E-state index in [9.17, 15) is 9.59 Å². The van der Waals surface area contributed by atoms with Gasteiger partial charge < -0.3 is 19.3 Å². The molecule has 2 amide bonds. The van der Waals surface area contributed by atoms with Crippen LogP contribution < -0.4 is 9.47 Å². The Bertz CT molecular complexity index is 1180. The quantitative estimate of drug-likeness (QED) is 0.541. The van der Waals surface area contributed by atoms with Gasteiger partial charge in [0, 0.05) is 32.3 Å². The molecule has 2 aliphatic rings. The molecule has 2 aliphatic heterocycles. The Morgan fingerprint density at radius 3 is 2.44 bits per heavy atom. The molecule has 2 aromatic carbocycles. The number of carbonyl (C=O) groups excluding carboxylic acids is 2. The topological polar surface area (TPSA) is 89.8 Å². The van der Waals surface area contributed by atoms with Gasteiger partial charge in [-0.15, -0.1) is 5.10 Å². The average Bonchev–Trinajstić information content (AvgIpc) is 3.34. The smallest absolute Gasteiger partial charge is 0.267 e. The van der Waals surface area contributed by atoms with Gasteiger partial charge in [-0.25, -0.2) is 4.68 Å². The summed E-state index contributed by atoms with van der Waals surface area (Å²) < 4.78 is 13.2. The number of amides is 2. The van der Waals surface area contributed by atoms with E-state index in [-0.39, 0.29) is 18.4 Å². The molecule has 0 saturated carbocycles. The van der Waals surface area contributed by atoms with Gasteiger partial charge >= 0.3 is 0 Å². The van der Waals surface area contributed by atoms with Crippen molar-refractivity contribution in [2.75, 3.05) is 32.8 Å². The van der Waals surface area contributed by atoms with Crippen LogP contribution in [0.1, 0.15) is 11.3 Å². The molecule has 0 N–H and O–H groups in total. The van der Waals surface area contributed by atoms with E-state index in [1.165, 1.54) is 6.08 Å². The molecule has 1 unspecified atom stereocenters. The zero-order chi connectivity index (χ0) is 23.3. The number of para-hydroxylation sites is 2. The molecule has 9 heteroatoms. The summed E-state index contributed by atoms with van der Waals surface area (Å²) in [4.78, 5) is 28.9. The molecular formula is C25H25N5O4. The summed E-state index contributed by atoms with van der Waals surface area (Å²) in [7, 11) is 0. The fourth-order valence-corrected chi connectivity index (χ4v) is 3.99. The molecule has 0 aliphatic carbocycles. The van der Waals surface area contributed by atoms with Crippen molar-refractivity contribution < 1.29 is 19.1 Å². The zero-order valence-corrected chi connectivity index (χ0v) is 18.6. The lowest BCUT2D eigenvalue weighted by Gasteiger charge is -2.36. The van der Waals surface area contributed by atoms with Crippen LogP contribution >= 0.6 is 0 Å². The monoisotopic (exact) mass is 459 g/mol. The van der Waals surface area contributed by atoms with Crippen LogP contribution in [0.4, 0.5) is 0 Å². The molecule has 0 spiro atoms. The minimum Gasteiger partial charge on any atom is -0.485 e. The van der Waals surface area contributed by atoms with E-state index < -0.39 is 6.10 Å². The number of hydrogen-bond acceptors (Lipinski definition) is 6.